The van der Waals surface area contributed by atoms with Gasteiger partial charge in [-0.15, -0.1) is 5.10 Å². The van der Waals surface area contributed by atoms with E-state index < -0.39 is 0 Å². The highest BCUT2D eigenvalue weighted by molar-refractivity contribution is 7.07. The molecule has 3 rings (SSSR count). The second kappa shape index (κ2) is 6.67. The fourth-order valence-corrected chi connectivity index (χ4v) is 3.13. The summed E-state index contributed by atoms with van der Waals surface area (Å²) >= 11 is 1.62. The SMILES string of the molecule is O=C(Cc1ccsc1)N1CCC[C@@H](Oc2cccnn2)C1. The quantitative estimate of drug-likeness (QED) is 0.868. The topological polar surface area (TPSA) is 55.3 Å². The van der Waals surface area contributed by atoms with Crippen LogP contribution in [0.3, 0.4) is 0 Å². The van der Waals surface area contributed by atoms with E-state index in [1.54, 1.807) is 29.7 Å². The van der Waals surface area contributed by atoms with Gasteiger partial charge in [0.1, 0.15) is 6.10 Å². The van der Waals surface area contributed by atoms with Gasteiger partial charge in [0, 0.05) is 18.8 Å². The molecule has 6 heteroatoms. The van der Waals surface area contributed by atoms with Crippen LogP contribution >= 0.6 is 11.3 Å². The molecule has 3 heterocycles. The van der Waals surface area contributed by atoms with Crippen LogP contribution in [0.25, 0.3) is 0 Å². The molecule has 1 aliphatic heterocycles. The number of aromatic nitrogens is 2. The van der Waals surface area contributed by atoms with E-state index in [-0.39, 0.29) is 12.0 Å². The maximum atomic E-state index is 12.3. The summed E-state index contributed by atoms with van der Waals surface area (Å²) in [5, 5.41) is 11.8. The molecular weight excluding hydrogens is 286 g/mol. The average Bonchev–Trinajstić information content (AvgIpc) is 3.01. The van der Waals surface area contributed by atoms with E-state index in [9.17, 15) is 4.79 Å². The van der Waals surface area contributed by atoms with E-state index in [0.29, 0.717) is 18.8 Å². The zero-order valence-corrected chi connectivity index (χ0v) is 12.5. The van der Waals surface area contributed by atoms with Crippen molar-refractivity contribution in [2.45, 2.75) is 25.4 Å². The first-order valence-corrected chi connectivity index (χ1v) is 7.99. The minimum atomic E-state index is 0.00174. The highest BCUT2D eigenvalue weighted by atomic mass is 32.1. The van der Waals surface area contributed by atoms with Gasteiger partial charge in [0.05, 0.1) is 13.0 Å². The van der Waals surface area contributed by atoms with Gasteiger partial charge >= 0.3 is 0 Å². The maximum Gasteiger partial charge on any atom is 0.233 e. The first kappa shape index (κ1) is 14.0. The van der Waals surface area contributed by atoms with E-state index in [1.165, 1.54) is 0 Å². The van der Waals surface area contributed by atoms with Crippen molar-refractivity contribution in [2.24, 2.45) is 0 Å². The molecule has 1 saturated heterocycles. The van der Waals surface area contributed by atoms with Crippen molar-refractivity contribution >= 4 is 17.2 Å². The second-order valence-corrected chi connectivity index (χ2v) is 5.87. The lowest BCUT2D eigenvalue weighted by Gasteiger charge is -2.32. The summed E-state index contributed by atoms with van der Waals surface area (Å²) in [5.74, 6) is 0.690. The molecule has 2 aromatic rings. The second-order valence-electron chi connectivity index (χ2n) is 5.09. The van der Waals surface area contributed by atoms with Crippen LogP contribution in [0.1, 0.15) is 18.4 Å². The van der Waals surface area contributed by atoms with Crippen LogP contribution in [-0.4, -0.2) is 40.2 Å². The van der Waals surface area contributed by atoms with Crippen molar-refractivity contribution in [3.63, 3.8) is 0 Å². The fourth-order valence-electron chi connectivity index (χ4n) is 2.46. The molecule has 1 aliphatic rings. The highest BCUT2D eigenvalue weighted by Crippen LogP contribution is 2.17. The minimum Gasteiger partial charge on any atom is -0.471 e. The number of hydrogen-bond donors (Lipinski definition) is 0. The van der Waals surface area contributed by atoms with Crippen molar-refractivity contribution in [3.05, 3.63) is 40.7 Å². The third kappa shape index (κ3) is 3.78. The first-order valence-electron chi connectivity index (χ1n) is 7.04. The molecule has 0 bridgehead atoms. The number of piperidine rings is 1. The van der Waals surface area contributed by atoms with Gasteiger partial charge in [-0.2, -0.15) is 16.4 Å². The van der Waals surface area contributed by atoms with Crippen LogP contribution in [-0.2, 0) is 11.2 Å². The van der Waals surface area contributed by atoms with Gasteiger partial charge in [-0.3, -0.25) is 4.79 Å². The lowest BCUT2D eigenvalue weighted by molar-refractivity contribution is -0.133. The van der Waals surface area contributed by atoms with E-state index in [4.69, 9.17) is 4.74 Å². The molecule has 0 aromatic carbocycles. The fraction of sp³-hybridized carbons (Fsp3) is 0.400. The lowest BCUT2D eigenvalue weighted by Crippen LogP contribution is -2.45. The van der Waals surface area contributed by atoms with Crippen LogP contribution in [0.5, 0.6) is 5.88 Å². The molecule has 1 fully saturated rings. The average molecular weight is 303 g/mol. The van der Waals surface area contributed by atoms with E-state index in [1.807, 2.05) is 21.7 Å². The van der Waals surface area contributed by atoms with Gasteiger partial charge in [0.2, 0.25) is 11.8 Å². The third-order valence-corrected chi connectivity index (χ3v) is 4.23. The molecule has 2 aromatic heterocycles. The van der Waals surface area contributed by atoms with Gasteiger partial charge in [0.25, 0.3) is 0 Å². The molecule has 0 N–H and O–H groups in total. The molecule has 0 aliphatic carbocycles. The third-order valence-electron chi connectivity index (χ3n) is 3.50. The molecule has 5 nitrogen and oxygen atoms in total. The summed E-state index contributed by atoms with van der Waals surface area (Å²) in [6.07, 6.45) is 3.99. The Bertz CT molecular complexity index is 574. The number of rotatable bonds is 4. The Morgan fingerprint density at radius 1 is 1.48 bits per heavy atom. The van der Waals surface area contributed by atoms with E-state index in [2.05, 4.69) is 10.2 Å². The Kier molecular flexibility index (Phi) is 4.45. The molecule has 0 spiro atoms. The smallest absolute Gasteiger partial charge is 0.233 e. The van der Waals surface area contributed by atoms with Crippen molar-refractivity contribution < 1.29 is 9.53 Å². The molecule has 1 amide bonds. The van der Waals surface area contributed by atoms with Gasteiger partial charge in [0.15, 0.2) is 0 Å². The van der Waals surface area contributed by atoms with Gasteiger partial charge in [-0.1, -0.05) is 0 Å². The van der Waals surface area contributed by atoms with Crippen LogP contribution in [0.15, 0.2) is 35.2 Å². The summed E-state index contributed by atoms with van der Waals surface area (Å²) in [7, 11) is 0. The summed E-state index contributed by atoms with van der Waals surface area (Å²) < 4.78 is 5.81. The van der Waals surface area contributed by atoms with Gasteiger partial charge < -0.3 is 9.64 Å². The largest absolute Gasteiger partial charge is 0.471 e. The van der Waals surface area contributed by atoms with Crippen molar-refractivity contribution in [1.29, 1.82) is 0 Å². The molecule has 1 atom stereocenters. The van der Waals surface area contributed by atoms with Crippen molar-refractivity contribution in [1.82, 2.24) is 15.1 Å². The predicted molar refractivity (Wildman–Crippen MR) is 80.3 cm³/mol. The Balaban J connectivity index is 1.56. The molecular formula is C15H17N3O2S. The number of amides is 1. The Morgan fingerprint density at radius 2 is 2.43 bits per heavy atom. The van der Waals surface area contributed by atoms with Crippen LogP contribution in [0, 0.1) is 0 Å². The summed E-state index contributed by atoms with van der Waals surface area (Å²) in [6, 6.07) is 5.59. The number of carbonyl (C=O) groups is 1. The summed E-state index contributed by atoms with van der Waals surface area (Å²) in [5.41, 5.74) is 1.09. The number of thiophene rings is 1. The number of nitrogens with zero attached hydrogens (tertiary/aromatic N) is 3. The summed E-state index contributed by atoms with van der Waals surface area (Å²) in [4.78, 5) is 14.2. The standard InChI is InChI=1S/C15H17N3O2S/c19-15(9-12-5-8-21-11-12)18-7-2-3-13(10-18)20-14-4-1-6-16-17-14/h1,4-6,8,11,13H,2-3,7,9-10H2/t13-/m1/s1. The Hall–Kier alpha value is -1.95. The van der Waals surface area contributed by atoms with Crippen LogP contribution < -0.4 is 4.74 Å². The normalized spacial score (nSPS) is 18.5. The van der Waals surface area contributed by atoms with Crippen molar-refractivity contribution in [2.75, 3.05) is 13.1 Å². The predicted octanol–water partition coefficient (Wildman–Crippen LogP) is 2.15. The van der Waals surface area contributed by atoms with Crippen LogP contribution in [0.4, 0.5) is 0 Å². The van der Waals surface area contributed by atoms with E-state index >= 15 is 0 Å². The molecule has 0 unspecified atom stereocenters. The number of hydrogen-bond acceptors (Lipinski definition) is 5. The number of likely N-dealkylation sites (tertiary alicyclic amines) is 1. The first-order chi connectivity index (χ1) is 10.3. The number of ether oxygens (including phenoxy) is 1. The molecule has 21 heavy (non-hydrogen) atoms. The molecule has 0 saturated carbocycles. The summed E-state index contributed by atoms with van der Waals surface area (Å²) in [6.45, 7) is 1.43. The monoisotopic (exact) mass is 303 g/mol. The Labute approximate surface area is 127 Å². The van der Waals surface area contributed by atoms with Crippen molar-refractivity contribution in [3.8, 4) is 5.88 Å². The molecule has 0 radical (unpaired) electrons. The van der Waals surface area contributed by atoms with E-state index in [0.717, 1.165) is 24.9 Å². The van der Waals surface area contributed by atoms with Crippen LogP contribution in [0.2, 0.25) is 0 Å². The Morgan fingerprint density at radius 3 is 3.19 bits per heavy atom. The molecule has 110 valence electrons. The zero-order valence-electron chi connectivity index (χ0n) is 11.6. The lowest BCUT2D eigenvalue weighted by atomic mass is 10.1. The maximum absolute atomic E-state index is 12.3. The van der Waals surface area contributed by atoms with Gasteiger partial charge in [-0.05, 0) is 41.3 Å². The highest BCUT2D eigenvalue weighted by Gasteiger charge is 2.25. The zero-order chi connectivity index (χ0) is 14.5. The minimum absolute atomic E-state index is 0.00174. The van der Waals surface area contributed by atoms with Gasteiger partial charge in [-0.25, -0.2) is 0 Å². The number of carbonyl (C=O) groups excluding carboxylic acids is 1.